The van der Waals surface area contributed by atoms with E-state index in [0.29, 0.717) is 11.5 Å². The number of hydrogen-bond acceptors (Lipinski definition) is 3. The normalized spacial score (nSPS) is 8.91. The Morgan fingerprint density at radius 1 is 1.55 bits per heavy atom. The molecule has 5 heteroatoms. The molecule has 2 N–H and O–H groups in total. The number of primary amides is 1. The maximum atomic E-state index is 10.7. The van der Waals surface area contributed by atoms with E-state index >= 15 is 0 Å². The molecular weight excluding hydrogens is 148 g/mol. The number of hydroxylamine groups is 2. The van der Waals surface area contributed by atoms with Gasteiger partial charge in [-0.15, -0.1) is 0 Å². The molecule has 0 radical (unpaired) electrons. The molecule has 2 amide bonds. The van der Waals surface area contributed by atoms with Gasteiger partial charge >= 0.3 is 12.0 Å². The lowest BCUT2D eigenvalue weighted by Crippen LogP contribution is -2.34. The molecule has 0 rings (SSSR count). The van der Waals surface area contributed by atoms with Crippen molar-refractivity contribution < 1.29 is 14.4 Å². The third-order valence-electron chi connectivity index (χ3n) is 1.00. The lowest BCUT2D eigenvalue weighted by atomic mass is 10.3. The molecule has 0 bridgehead atoms. The second-order valence-electron chi connectivity index (χ2n) is 2.05. The van der Waals surface area contributed by atoms with Crippen molar-refractivity contribution in [1.29, 1.82) is 0 Å². The van der Waals surface area contributed by atoms with Crippen LogP contribution in [0, 0.1) is 0 Å². The van der Waals surface area contributed by atoms with E-state index in [9.17, 15) is 9.59 Å². The molecule has 0 aliphatic carbocycles. The summed E-state index contributed by atoms with van der Waals surface area (Å²) >= 11 is 0. The number of amides is 2. The van der Waals surface area contributed by atoms with Crippen LogP contribution in [0.4, 0.5) is 4.79 Å². The molecule has 0 aliphatic rings. The van der Waals surface area contributed by atoms with Gasteiger partial charge < -0.3 is 10.6 Å². The fourth-order valence-corrected chi connectivity index (χ4v) is 0.447. The third-order valence-corrected chi connectivity index (χ3v) is 1.00. The maximum absolute atomic E-state index is 10.7. The minimum absolute atomic E-state index is 0.289. The predicted molar refractivity (Wildman–Crippen MR) is 38.3 cm³/mol. The molecule has 0 spiro atoms. The zero-order valence-corrected chi connectivity index (χ0v) is 6.66. The van der Waals surface area contributed by atoms with Crippen molar-refractivity contribution in [3.05, 3.63) is 0 Å². The van der Waals surface area contributed by atoms with E-state index in [-0.39, 0.29) is 6.42 Å². The van der Waals surface area contributed by atoms with Crippen LogP contribution in [-0.2, 0) is 9.63 Å². The first-order valence-electron chi connectivity index (χ1n) is 3.32. The molecule has 0 unspecified atom stereocenters. The topological polar surface area (TPSA) is 72.6 Å². The average Bonchev–Trinajstić information content (AvgIpc) is 1.87. The summed E-state index contributed by atoms with van der Waals surface area (Å²) in [4.78, 5) is 25.5. The summed E-state index contributed by atoms with van der Waals surface area (Å²) in [5.74, 6) is -0.450. The molecule has 0 atom stereocenters. The molecule has 64 valence electrons. The van der Waals surface area contributed by atoms with Crippen molar-refractivity contribution >= 4 is 12.0 Å². The fraction of sp³-hybridized carbons (Fsp3) is 0.667. The van der Waals surface area contributed by atoms with Crippen LogP contribution < -0.4 is 5.73 Å². The molecule has 0 saturated heterocycles. The first kappa shape index (κ1) is 9.74. The van der Waals surface area contributed by atoms with E-state index < -0.39 is 12.0 Å². The van der Waals surface area contributed by atoms with Crippen molar-refractivity contribution in [2.75, 3.05) is 7.05 Å². The standard InChI is InChI=1S/C6H12N2O3/c1-3-4-5(9)11-8(2)6(7)10/h3-4H2,1-2H3,(H2,7,10). The Balaban J connectivity index is 3.66. The first-order chi connectivity index (χ1) is 5.07. The highest BCUT2D eigenvalue weighted by molar-refractivity contribution is 5.75. The lowest BCUT2D eigenvalue weighted by Gasteiger charge is -2.12. The maximum Gasteiger partial charge on any atom is 0.347 e. The number of nitrogens with zero attached hydrogens (tertiary/aromatic N) is 1. The third kappa shape index (κ3) is 4.19. The van der Waals surface area contributed by atoms with E-state index in [0.717, 1.165) is 0 Å². The Labute approximate surface area is 65.1 Å². The lowest BCUT2D eigenvalue weighted by molar-refractivity contribution is -0.171. The molecule has 11 heavy (non-hydrogen) atoms. The molecule has 0 fully saturated rings. The molecule has 0 aromatic carbocycles. The summed E-state index contributed by atoms with van der Waals surface area (Å²) in [6.45, 7) is 1.84. The van der Waals surface area contributed by atoms with Gasteiger partial charge in [-0.3, -0.25) is 0 Å². The van der Waals surface area contributed by atoms with Crippen molar-refractivity contribution in [1.82, 2.24) is 5.06 Å². The summed E-state index contributed by atoms with van der Waals surface area (Å²) in [7, 11) is 1.29. The number of carbonyl (C=O) groups is 2. The highest BCUT2D eigenvalue weighted by Gasteiger charge is 2.08. The average molecular weight is 160 g/mol. The number of hydrogen-bond donors (Lipinski definition) is 1. The van der Waals surface area contributed by atoms with Crippen molar-refractivity contribution in [3.8, 4) is 0 Å². The van der Waals surface area contributed by atoms with Gasteiger partial charge in [0.15, 0.2) is 0 Å². The summed E-state index contributed by atoms with van der Waals surface area (Å²) in [5.41, 5.74) is 4.79. The quantitative estimate of drug-likeness (QED) is 0.588. The number of urea groups is 1. The van der Waals surface area contributed by atoms with Crippen LogP contribution in [0.5, 0.6) is 0 Å². The minimum atomic E-state index is -0.783. The van der Waals surface area contributed by atoms with Gasteiger partial charge in [-0.25, -0.2) is 9.59 Å². The zero-order chi connectivity index (χ0) is 8.85. The molecule has 0 aliphatic heterocycles. The van der Waals surface area contributed by atoms with Crippen LogP contribution in [0.2, 0.25) is 0 Å². The largest absolute Gasteiger partial charge is 0.349 e. The second kappa shape index (κ2) is 4.54. The van der Waals surface area contributed by atoms with Gasteiger partial charge in [0.25, 0.3) is 0 Å². The van der Waals surface area contributed by atoms with E-state index in [4.69, 9.17) is 5.73 Å². The summed E-state index contributed by atoms with van der Waals surface area (Å²) in [6, 6.07) is -0.783. The molecule has 0 aromatic heterocycles. The Kier molecular flexibility index (Phi) is 4.02. The summed E-state index contributed by atoms with van der Waals surface area (Å²) in [6.07, 6.45) is 0.975. The first-order valence-corrected chi connectivity index (χ1v) is 3.32. The van der Waals surface area contributed by atoms with Crippen LogP contribution in [0.1, 0.15) is 19.8 Å². The monoisotopic (exact) mass is 160 g/mol. The van der Waals surface area contributed by atoms with Crippen LogP contribution >= 0.6 is 0 Å². The van der Waals surface area contributed by atoms with Gasteiger partial charge in [0.1, 0.15) is 0 Å². The van der Waals surface area contributed by atoms with Crippen LogP contribution in [-0.4, -0.2) is 24.1 Å². The minimum Gasteiger partial charge on any atom is -0.349 e. The van der Waals surface area contributed by atoms with Crippen molar-refractivity contribution in [2.24, 2.45) is 5.73 Å². The van der Waals surface area contributed by atoms with E-state index in [2.05, 4.69) is 4.84 Å². The highest BCUT2D eigenvalue weighted by Crippen LogP contribution is 1.93. The fourth-order valence-electron chi connectivity index (χ4n) is 0.447. The number of rotatable bonds is 2. The van der Waals surface area contributed by atoms with Crippen molar-refractivity contribution in [2.45, 2.75) is 19.8 Å². The number of carbonyl (C=O) groups excluding carboxylic acids is 2. The van der Waals surface area contributed by atoms with Crippen LogP contribution in [0.25, 0.3) is 0 Å². The van der Waals surface area contributed by atoms with Gasteiger partial charge in [0, 0.05) is 6.42 Å². The van der Waals surface area contributed by atoms with E-state index in [1.807, 2.05) is 6.92 Å². The summed E-state index contributed by atoms with van der Waals surface area (Å²) < 4.78 is 0. The Bertz CT molecular complexity index is 158. The Morgan fingerprint density at radius 2 is 2.09 bits per heavy atom. The molecular formula is C6H12N2O3. The van der Waals surface area contributed by atoms with Crippen LogP contribution in [0.3, 0.4) is 0 Å². The van der Waals surface area contributed by atoms with Gasteiger partial charge in [-0.1, -0.05) is 6.92 Å². The van der Waals surface area contributed by atoms with Crippen molar-refractivity contribution in [3.63, 3.8) is 0 Å². The smallest absolute Gasteiger partial charge is 0.347 e. The SMILES string of the molecule is CCCC(=O)ON(C)C(N)=O. The molecule has 0 saturated carbocycles. The van der Waals surface area contributed by atoms with Gasteiger partial charge in [-0.2, -0.15) is 5.06 Å². The molecule has 5 nitrogen and oxygen atoms in total. The molecule has 0 aromatic rings. The van der Waals surface area contributed by atoms with E-state index in [1.54, 1.807) is 0 Å². The van der Waals surface area contributed by atoms with Gasteiger partial charge in [0.2, 0.25) is 0 Å². The Hall–Kier alpha value is -1.26. The van der Waals surface area contributed by atoms with Gasteiger partial charge in [-0.05, 0) is 6.42 Å². The Morgan fingerprint density at radius 3 is 2.45 bits per heavy atom. The number of nitrogens with two attached hydrogens (primary N) is 1. The molecule has 0 heterocycles. The highest BCUT2D eigenvalue weighted by atomic mass is 16.7. The second-order valence-corrected chi connectivity index (χ2v) is 2.05. The summed E-state index contributed by atoms with van der Waals surface area (Å²) in [5, 5.41) is 0.706. The predicted octanol–water partition coefficient (Wildman–Crippen LogP) is 0.255. The zero-order valence-electron chi connectivity index (χ0n) is 6.66. The van der Waals surface area contributed by atoms with E-state index in [1.165, 1.54) is 7.05 Å². The van der Waals surface area contributed by atoms with Crippen LogP contribution in [0.15, 0.2) is 0 Å². The van der Waals surface area contributed by atoms with Gasteiger partial charge in [0.05, 0.1) is 7.05 Å².